The molecule has 0 saturated heterocycles. The van der Waals surface area contributed by atoms with E-state index in [2.05, 4.69) is 0 Å². The highest BCUT2D eigenvalue weighted by molar-refractivity contribution is 6.85. The quantitative estimate of drug-likeness (QED) is 0.531. The second-order valence-electron chi connectivity index (χ2n) is 7.37. The summed E-state index contributed by atoms with van der Waals surface area (Å²) in [7, 11) is -3.20. The summed E-state index contributed by atoms with van der Waals surface area (Å²) < 4.78 is 43.2. The van der Waals surface area contributed by atoms with Gasteiger partial charge < -0.3 is 0 Å². The summed E-state index contributed by atoms with van der Waals surface area (Å²) in [5.74, 6) is -3.86. The van der Waals surface area contributed by atoms with Gasteiger partial charge in [-0.05, 0) is 16.6 Å². The van der Waals surface area contributed by atoms with E-state index in [0.717, 1.165) is 77.0 Å². The summed E-state index contributed by atoms with van der Waals surface area (Å²) in [4.78, 5) is 0. The fourth-order valence-corrected chi connectivity index (χ4v) is 13.4. The number of hydrogen-bond donors (Lipinski definition) is 0. The standard InChI is InChI=1S/C16H27F3Si/c17-16(18,19)20(13-7-1-2-8-13,14-9-3-4-10-14)15-11-5-6-12-15/h13-15H,1-12H2. The number of hydrogen-bond acceptors (Lipinski definition) is 0. The van der Waals surface area contributed by atoms with E-state index in [1.165, 1.54) is 0 Å². The molecule has 0 aromatic rings. The lowest BCUT2D eigenvalue weighted by Crippen LogP contribution is -2.59. The Morgan fingerprint density at radius 3 is 1.00 bits per heavy atom. The summed E-state index contributed by atoms with van der Waals surface area (Å²) in [6.07, 6.45) is 11.6. The number of rotatable bonds is 3. The fraction of sp³-hybridized carbons (Fsp3) is 1.00. The topological polar surface area (TPSA) is 0 Å². The van der Waals surface area contributed by atoms with Crippen molar-refractivity contribution in [3.05, 3.63) is 0 Å². The molecule has 116 valence electrons. The average Bonchev–Trinajstić information content (AvgIpc) is 3.13. The smallest absolute Gasteiger partial charge is 0.177 e. The van der Waals surface area contributed by atoms with E-state index in [1.807, 2.05) is 0 Å². The van der Waals surface area contributed by atoms with Gasteiger partial charge in [0.2, 0.25) is 0 Å². The van der Waals surface area contributed by atoms with Crippen LogP contribution in [0, 0.1) is 0 Å². The Kier molecular flexibility index (Phi) is 4.22. The molecule has 0 nitrogen and oxygen atoms in total. The summed E-state index contributed by atoms with van der Waals surface area (Å²) in [5.41, 5.74) is 0.191. The molecule has 0 radical (unpaired) electrons. The minimum Gasteiger partial charge on any atom is -0.177 e. The SMILES string of the molecule is FC(F)(F)[Si](C1CCCC1)(C1CCCC1)C1CCCC1. The van der Waals surface area contributed by atoms with Gasteiger partial charge in [0.25, 0.3) is 0 Å². The minimum absolute atomic E-state index is 0.0636. The first-order valence-corrected chi connectivity index (χ1v) is 10.9. The zero-order chi connectivity index (χ0) is 14.2. The molecule has 3 saturated carbocycles. The van der Waals surface area contributed by atoms with Crippen molar-refractivity contribution in [3.8, 4) is 0 Å². The molecule has 0 aromatic carbocycles. The number of alkyl halides is 3. The van der Waals surface area contributed by atoms with Crippen molar-refractivity contribution >= 4 is 8.07 Å². The highest BCUT2D eigenvalue weighted by atomic mass is 28.3. The van der Waals surface area contributed by atoms with Crippen LogP contribution in [0.3, 0.4) is 0 Å². The van der Waals surface area contributed by atoms with E-state index in [0.29, 0.717) is 0 Å². The Morgan fingerprint density at radius 1 is 0.550 bits per heavy atom. The van der Waals surface area contributed by atoms with E-state index in [1.54, 1.807) is 0 Å². The van der Waals surface area contributed by atoms with E-state index < -0.39 is 13.9 Å². The Bertz CT molecular complexity index is 280. The van der Waals surface area contributed by atoms with Crippen LogP contribution in [-0.2, 0) is 0 Å². The molecular formula is C16H27F3Si. The Labute approximate surface area is 121 Å². The van der Waals surface area contributed by atoms with Crippen LogP contribution >= 0.6 is 0 Å². The molecule has 3 fully saturated rings. The van der Waals surface area contributed by atoms with Crippen molar-refractivity contribution in [2.45, 2.75) is 99.5 Å². The predicted octanol–water partition coefficient (Wildman–Crippen LogP) is 6.37. The molecule has 0 unspecified atom stereocenters. The van der Waals surface area contributed by atoms with Crippen molar-refractivity contribution < 1.29 is 13.2 Å². The van der Waals surface area contributed by atoms with Gasteiger partial charge in [-0.1, -0.05) is 77.0 Å². The van der Waals surface area contributed by atoms with Gasteiger partial charge >= 0.3 is 5.80 Å². The van der Waals surface area contributed by atoms with Crippen molar-refractivity contribution in [2.24, 2.45) is 0 Å². The molecular weight excluding hydrogens is 277 g/mol. The lowest BCUT2D eigenvalue weighted by molar-refractivity contribution is -0.0628. The van der Waals surface area contributed by atoms with Crippen LogP contribution in [0.2, 0.25) is 16.6 Å². The maximum absolute atomic E-state index is 14.4. The molecule has 0 aliphatic heterocycles. The highest BCUT2D eigenvalue weighted by Gasteiger charge is 2.68. The fourth-order valence-electron chi connectivity index (χ4n) is 5.90. The van der Waals surface area contributed by atoms with Gasteiger partial charge in [0.05, 0.1) is 0 Å². The third kappa shape index (κ3) is 2.26. The predicted molar refractivity (Wildman–Crippen MR) is 78.5 cm³/mol. The molecule has 0 atom stereocenters. The number of halogens is 3. The minimum atomic E-state index is -3.86. The molecule has 0 bridgehead atoms. The summed E-state index contributed by atoms with van der Waals surface area (Å²) in [5, 5.41) is 0. The second-order valence-corrected chi connectivity index (χ2v) is 12.3. The van der Waals surface area contributed by atoms with E-state index >= 15 is 0 Å². The first-order valence-electron chi connectivity index (χ1n) is 8.63. The maximum Gasteiger partial charge on any atom is 0.362 e. The Balaban J connectivity index is 2.01. The van der Waals surface area contributed by atoms with Crippen LogP contribution in [0.5, 0.6) is 0 Å². The van der Waals surface area contributed by atoms with Crippen molar-refractivity contribution in [1.29, 1.82) is 0 Å². The van der Waals surface area contributed by atoms with Crippen LogP contribution in [0.25, 0.3) is 0 Å². The largest absolute Gasteiger partial charge is 0.362 e. The molecule has 0 spiro atoms. The summed E-state index contributed by atoms with van der Waals surface area (Å²) in [6, 6.07) is 0. The van der Waals surface area contributed by atoms with Crippen molar-refractivity contribution in [1.82, 2.24) is 0 Å². The average molecular weight is 304 g/mol. The molecule has 0 heterocycles. The van der Waals surface area contributed by atoms with Gasteiger partial charge in [-0.3, -0.25) is 0 Å². The molecule has 3 aliphatic rings. The third-order valence-corrected chi connectivity index (χ3v) is 13.4. The molecule has 0 aromatic heterocycles. The molecule has 4 heteroatoms. The molecule has 3 rings (SSSR count). The van der Waals surface area contributed by atoms with Crippen molar-refractivity contribution in [3.63, 3.8) is 0 Å². The van der Waals surface area contributed by atoms with E-state index in [4.69, 9.17) is 0 Å². The zero-order valence-corrected chi connectivity index (χ0v) is 13.4. The van der Waals surface area contributed by atoms with Crippen molar-refractivity contribution in [2.75, 3.05) is 0 Å². The summed E-state index contributed by atoms with van der Waals surface area (Å²) >= 11 is 0. The lowest BCUT2D eigenvalue weighted by atomic mass is 10.3. The van der Waals surface area contributed by atoms with Gasteiger partial charge in [-0.25, -0.2) is 0 Å². The third-order valence-electron chi connectivity index (χ3n) is 6.58. The monoisotopic (exact) mass is 304 g/mol. The Hall–Kier alpha value is 0.00688. The first-order chi connectivity index (χ1) is 9.57. The van der Waals surface area contributed by atoms with Crippen LogP contribution in [0.15, 0.2) is 0 Å². The van der Waals surface area contributed by atoms with Crippen LogP contribution in [-0.4, -0.2) is 13.9 Å². The van der Waals surface area contributed by atoms with Gasteiger partial charge in [0, 0.05) is 0 Å². The maximum atomic E-state index is 14.4. The van der Waals surface area contributed by atoms with Crippen LogP contribution in [0.1, 0.15) is 77.0 Å². The highest BCUT2D eigenvalue weighted by Crippen LogP contribution is 2.63. The van der Waals surface area contributed by atoms with Gasteiger partial charge in [0.1, 0.15) is 0 Å². The lowest BCUT2D eigenvalue weighted by Gasteiger charge is -2.47. The molecule has 3 aliphatic carbocycles. The first kappa shape index (κ1) is 14.9. The normalized spacial score (nSPS) is 27.8. The van der Waals surface area contributed by atoms with E-state index in [-0.39, 0.29) is 16.6 Å². The van der Waals surface area contributed by atoms with Crippen LogP contribution < -0.4 is 0 Å². The molecule has 20 heavy (non-hydrogen) atoms. The second kappa shape index (κ2) is 5.66. The molecule has 0 amide bonds. The molecule has 0 N–H and O–H groups in total. The summed E-state index contributed by atoms with van der Waals surface area (Å²) in [6.45, 7) is 0. The van der Waals surface area contributed by atoms with E-state index in [9.17, 15) is 13.2 Å². The zero-order valence-electron chi connectivity index (χ0n) is 12.4. The van der Waals surface area contributed by atoms with Gasteiger partial charge in [-0.15, -0.1) is 0 Å². The van der Waals surface area contributed by atoms with Gasteiger partial charge in [0.15, 0.2) is 8.07 Å². The van der Waals surface area contributed by atoms with Gasteiger partial charge in [-0.2, -0.15) is 13.2 Å². The Morgan fingerprint density at radius 2 is 0.800 bits per heavy atom. The van der Waals surface area contributed by atoms with Crippen LogP contribution in [0.4, 0.5) is 13.2 Å².